The van der Waals surface area contributed by atoms with Crippen LogP contribution in [0.2, 0.25) is 0 Å². The second kappa shape index (κ2) is 7.72. The predicted molar refractivity (Wildman–Crippen MR) is 124 cm³/mol. The number of nitro benzene ring substituents is 2. The zero-order valence-electron chi connectivity index (χ0n) is 18.8. The number of fused-ring (bicyclic) bond motifs is 2. The molecule has 11 heteroatoms. The fourth-order valence-corrected chi connectivity index (χ4v) is 5.15. The van der Waals surface area contributed by atoms with E-state index in [1.165, 1.54) is 48.5 Å². The number of hydrogen-bond acceptors (Lipinski definition) is 8. The first-order valence-corrected chi connectivity index (χ1v) is 10.6. The minimum atomic E-state index is -1.35. The van der Waals surface area contributed by atoms with Gasteiger partial charge in [0.2, 0.25) is 5.91 Å². The van der Waals surface area contributed by atoms with Crippen LogP contribution in [0.1, 0.15) is 33.6 Å². The van der Waals surface area contributed by atoms with Crippen LogP contribution in [0.3, 0.4) is 0 Å². The Bertz CT molecular complexity index is 1240. The molecule has 2 aromatic carbocycles. The van der Waals surface area contributed by atoms with Gasteiger partial charge in [0.25, 0.3) is 11.4 Å². The molecular weight excluding hydrogens is 442 g/mol. The highest BCUT2D eigenvalue weighted by Crippen LogP contribution is 2.69. The van der Waals surface area contributed by atoms with Crippen molar-refractivity contribution in [3.63, 3.8) is 0 Å². The highest BCUT2D eigenvalue weighted by Gasteiger charge is 2.76. The van der Waals surface area contributed by atoms with E-state index in [2.05, 4.69) is 15.8 Å². The fraction of sp³-hybridized carbons (Fsp3) is 0.348. The Morgan fingerprint density at radius 1 is 0.882 bits per heavy atom. The van der Waals surface area contributed by atoms with E-state index in [1.807, 2.05) is 20.8 Å². The highest BCUT2D eigenvalue weighted by atomic mass is 16.6. The Labute approximate surface area is 194 Å². The summed E-state index contributed by atoms with van der Waals surface area (Å²) in [4.78, 5) is 47.8. The molecule has 2 bridgehead atoms. The lowest BCUT2D eigenvalue weighted by Crippen LogP contribution is -2.47. The number of anilines is 2. The van der Waals surface area contributed by atoms with Gasteiger partial charge in [-0.3, -0.25) is 35.2 Å². The molecule has 0 aliphatic heterocycles. The third kappa shape index (κ3) is 3.15. The van der Waals surface area contributed by atoms with Gasteiger partial charge < -0.3 is 5.32 Å². The molecule has 0 spiro atoms. The first-order valence-electron chi connectivity index (χ1n) is 10.6. The van der Waals surface area contributed by atoms with E-state index >= 15 is 0 Å². The van der Waals surface area contributed by atoms with E-state index in [0.29, 0.717) is 24.2 Å². The number of benzene rings is 2. The van der Waals surface area contributed by atoms with Crippen LogP contribution in [0, 0.1) is 36.5 Å². The Balaban J connectivity index is 1.62. The van der Waals surface area contributed by atoms with Gasteiger partial charge in [-0.05, 0) is 42.5 Å². The summed E-state index contributed by atoms with van der Waals surface area (Å²) in [6, 6.07) is 11.1. The van der Waals surface area contributed by atoms with E-state index in [4.69, 9.17) is 0 Å². The topological polar surface area (TPSA) is 157 Å². The molecule has 34 heavy (non-hydrogen) atoms. The molecule has 0 aromatic heterocycles. The van der Waals surface area contributed by atoms with E-state index < -0.39 is 32.0 Å². The van der Waals surface area contributed by atoms with Crippen molar-refractivity contribution in [2.45, 2.75) is 33.6 Å². The van der Waals surface area contributed by atoms with Gasteiger partial charge in [-0.2, -0.15) is 5.10 Å². The van der Waals surface area contributed by atoms with Gasteiger partial charge in [0.15, 0.2) is 5.78 Å². The Morgan fingerprint density at radius 3 is 1.88 bits per heavy atom. The van der Waals surface area contributed by atoms with Gasteiger partial charge in [0, 0.05) is 35.4 Å². The molecule has 2 aliphatic carbocycles. The van der Waals surface area contributed by atoms with E-state index in [-0.39, 0.29) is 22.9 Å². The molecule has 0 heterocycles. The van der Waals surface area contributed by atoms with Gasteiger partial charge in [-0.25, -0.2) is 0 Å². The van der Waals surface area contributed by atoms with Crippen LogP contribution in [0.5, 0.6) is 0 Å². The maximum absolute atomic E-state index is 13.6. The van der Waals surface area contributed by atoms with Crippen molar-refractivity contribution < 1.29 is 19.4 Å². The third-order valence-corrected chi connectivity index (χ3v) is 7.67. The van der Waals surface area contributed by atoms with Gasteiger partial charge in [-0.15, -0.1) is 0 Å². The summed E-state index contributed by atoms with van der Waals surface area (Å²) in [5, 5.41) is 28.8. The minimum Gasteiger partial charge on any atom is -0.325 e. The first kappa shape index (κ1) is 23.0. The molecule has 2 atom stereocenters. The highest BCUT2D eigenvalue weighted by molar-refractivity contribution is 6.51. The average molecular weight is 465 g/mol. The van der Waals surface area contributed by atoms with Gasteiger partial charge in [0.05, 0.1) is 15.5 Å². The molecule has 0 saturated heterocycles. The van der Waals surface area contributed by atoms with Crippen molar-refractivity contribution in [2.24, 2.45) is 21.3 Å². The lowest BCUT2D eigenvalue weighted by Gasteiger charge is -2.37. The minimum absolute atomic E-state index is 0.0656. The van der Waals surface area contributed by atoms with Crippen LogP contribution in [0.25, 0.3) is 0 Å². The third-order valence-electron chi connectivity index (χ3n) is 7.67. The zero-order valence-corrected chi connectivity index (χ0v) is 18.8. The summed E-state index contributed by atoms with van der Waals surface area (Å²) in [5.41, 5.74) is 0.939. The van der Waals surface area contributed by atoms with Crippen LogP contribution in [-0.2, 0) is 9.59 Å². The Morgan fingerprint density at radius 2 is 1.38 bits per heavy atom. The van der Waals surface area contributed by atoms with Crippen LogP contribution >= 0.6 is 0 Å². The summed E-state index contributed by atoms with van der Waals surface area (Å²) in [7, 11) is 0. The van der Waals surface area contributed by atoms with E-state index in [1.54, 1.807) is 0 Å². The van der Waals surface area contributed by atoms with Crippen LogP contribution in [-0.4, -0.2) is 27.2 Å². The number of non-ortho nitro benzene ring substituents is 2. The molecule has 176 valence electrons. The first-order chi connectivity index (χ1) is 15.9. The standard InChI is InChI=1S/C23H23N5O6/c1-21(2)22(3)12-13-23(21,20(30)24-14-4-8-16(9-5-14)27(31)32)19(29)18(22)26-25-15-6-10-17(11-7-15)28(33)34/h4-11,25H,12-13H2,1-3H3,(H,24,30). The largest absolute Gasteiger partial charge is 0.325 e. The Kier molecular flexibility index (Phi) is 5.23. The van der Waals surface area contributed by atoms with E-state index in [0.717, 1.165) is 0 Å². The number of nitrogens with zero attached hydrogens (tertiary/aromatic N) is 3. The maximum atomic E-state index is 13.6. The van der Waals surface area contributed by atoms with Gasteiger partial charge in [0.1, 0.15) is 11.1 Å². The van der Waals surface area contributed by atoms with Crippen molar-refractivity contribution in [3.05, 3.63) is 68.8 Å². The van der Waals surface area contributed by atoms with Crippen LogP contribution in [0.15, 0.2) is 53.6 Å². The number of ketones is 1. The molecule has 2 unspecified atom stereocenters. The number of nitro groups is 2. The van der Waals surface area contributed by atoms with E-state index in [9.17, 15) is 29.8 Å². The number of amides is 1. The second-order valence-corrected chi connectivity index (χ2v) is 9.33. The predicted octanol–water partition coefficient (Wildman–Crippen LogP) is 4.31. The zero-order chi connectivity index (χ0) is 24.9. The molecule has 1 amide bonds. The van der Waals surface area contributed by atoms with Crippen molar-refractivity contribution >= 4 is 40.2 Å². The quantitative estimate of drug-likeness (QED) is 0.366. The molecule has 2 aromatic rings. The van der Waals surface area contributed by atoms with Gasteiger partial charge in [-0.1, -0.05) is 20.8 Å². The smallest absolute Gasteiger partial charge is 0.269 e. The summed E-state index contributed by atoms with van der Waals surface area (Å²) in [6.45, 7) is 5.67. The lowest BCUT2D eigenvalue weighted by molar-refractivity contribution is -0.385. The van der Waals surface area contributed by atoms with Gasteiger partial charge >= 0.3 is 0 Å². The summed E-state index contributed by atoms with van der Waals surface area (Å²) < 4.78 is 0. The van der Waals surface area contributed by atoms with Crippen LogP contribution < -0.4 is 10.7 Å². The molecule has 4 rings (SSSR count). The van der Waals surface area contributed by atoms with Crippen molar-refractivity contribution in [1.29, 1.82) is 0 Å². The molecule has 11 nitrogen and oxygen atoms in total. The fourth-order valence-electron chi connectivity index (χ4n) is 5.15. The van der Waals surface area contributed by atoms with Crippen molar-refractivity contribution in [1.82, 2.24) is 0 Å². The number of nitrogens with one attached hydrogen (secondary N) is 2. The van der Waals surface area contributed by atoms with Crippen LogP contribution in [0.4, 0.5) is 22.7 Å². The number of carbonyl (C=O) groups excluding carboxylic acids is 2. The molecule has 2 fully saturated rings. The molecule has 2 aliphatic rings. The number of Topliss-reactive ketones (excluding diaryl/α,β-unsaturated/α-hetero) is 1. The van der Waals surface area contributed by atoms with Crippen molar-refractivity contribution in [3.8, 4) is 0 Å². The maximum Gasteiger partial charge on any atom is 0.269 e. The average Bonchev–Trinajstić information content (AvgIpc) is 3.07. The summed E-state index contributed by atoms with van der Waals surface area (Å²) in [5.74, 6) is -0.847. The molecule has 2 saturated carbocycles. The SMILES string of the molecule is CC12CCC(C(=O)Nc3ccc([N+](=O)[O-])cc3)(C(=O)C1=NNc1ccc([N+](=O)[O-])cc1)C2(C)C. The summed E-state index contributed by atoms with van der Waals surface area (Å²) in [6.07, 6.45) is 0.922. The number of carbonyl (C=O) groups is 2. The number of hydrogen-bond donors (Lipinski definition) is 2. The number of hydrazone groups is 1. The second-order valence-electron chi connectivity index (χ2n) is 9.33. The number of rotatable bonds is 6. The van der Waals surface area contributed by atoms with Crippen molar-refractivity contribution in [2.75, 3.05) is 10.7 Å². The molecule has 0 radical (unpaired) electrons. The molecular formula is C23H23N5O6. The monoisotopic (exact) mass is 465 g/mol. The normalized spacial score (nSPS) is 25.9. The Hall–Kier alpha value is -4.15. The molecule has 2 N–H and O–H groups in total. The lowest BCUT2D eigenvalue weighted by atomic mass is 9.64. The summed E-state index contributed by atoms with van der Waals surface area (Å²) >= 11 is 0.